The average Bonchev–Trinajstić information content (AvgIpc) is 3.75. The summed E-state index contributed by atoms with van der Waals surface area (Å²) in [4.78, 5) is 61.5. The molecule has 1 unspecified atom stereocenters. The monoisotopic (exact) mass is 565 g/mol. The molecule has 0 bridgehead atoms. The number of hydrogen-bond acceptors (Lipinski definition) is 9. The average molecular weight is 566 g/mol. The number of carbonyl (C=O) groups is 4. The Morgan fingerprint density at radius 3 is 2.20 bits per heavy atom. The van der Waals surface area contributed by atoms with Crippen LogP contribution in [0, 0.1) is 0 Å². The van der Waals surface area contributed by atoms with Crippen LogP contribution in [-0.4, -0.2) is 108 Å². The third-order valence-corrected chi connectivity index (χ3v) is 7.69. The van der Waals surface area contributed by atoms with E-state index in [9.17, 15) is 19.2 Å². The fraction of sp³-hybridized carbons (Fsp3) is 0.429. The van der Waals surface area contributed by atoms with Gasteiger partial charge in [-0.2, -0.15) is 0 Å². The minimum Gasteiger partial charge on any atom is -0.463 e. The zero-order valence-electron chi connectivity index (χ0n) is 22.6. The lowest BCUT2D eigenvalue weighted by Gasteiger charge is -2.32. The van der Waals surface area contributed by atoms with Crippen molar-refractivity contribution in [2.45, 2.75) is 18.8 Å². The number of nitrogens with zero attached hydrogens (tertiary/aromatic N) is 3. The van der Waals surface area contributed by atoms with Crippen molar-refractivity contribution in [1.29, 1.82) is 0 Å². The van der Waals surface area contributed by atoms with Crippen LogP contribution in [0.1, 0.15) is 45.5 Å². The number of rotatable bonds is 7. The molecule has 0 spiro atoms. The smallest absolute Gasteiger partial charge is 0.355 e. The van der Waals surface area contributed by atoms with E-state index in [1.807, 2.05) is 13.1 Å². The van der Waals surface area contributed by atoms with Crippen molar-refractivity contribution in [3.8, 4) is 0 Å². The van der Waals surface area contributed by atoms with Gasteiger partial charge in [0, 0.05) is 69.5 Å². The van der Waals surface area contributed by atoms with Crippen LogP contribution in [0.15, 0.2) is 39.4 Å². The molecule has 0 aromatic carbocycles. The molecule has 2 fully saturated rings. The molecule has 4 aromatic heterocycles. The van der Waals surface area contributed by atoms with E-state index >= 15 is 0 Å². The van der Waals surface area contributed by atoms with Crippen molar-refractivity contribution in [2.75, 3.05) is 59.5 Å². The van der Waals surface area contributed by atoms with Crippen molar-refractivity contribution in [3.05, 3.63) is 47.7 Å². The molecule has 4 aromatic rings. The molecule has 6 rings (SSSR count). The summed E-state index contributed by atoms with van der Waals surface area (Å²) in [5, 5.41) is 0. The molecule has 0 saturated carbocycles. The first-order valence-electron chi connectivity index (χ1n) is 13.6. The minimum atomic E-state index is -0.628. The molecule has 13 nitrogen and oxygen atoms in total. The van der Waals surface area contributed by atoms with Gasteiger partial charge in [0.1, 0.15) is 17.1 Å². The predicted octanol–water partition coefficient (Wildman–Crippen LogP) is 2.33. The van der Waals surface area contributed by atoms with Gasteiger partial charge in [-0.15, -0.1) is 0 Å². The van der Waals surface area contributed by atoms with Gasteiger partial charge in [-0.1, -0.05) is 0 Å². The molecule has 0 aliphatic carbocycles. The van der Waals surface area contributed by atoms with Gasteiger partial charge in [0.2, 0.25) is 0 Å². The Labute approximate surface area is 234 Å². The minimum absolute atomic E-state index is 0.0452. The predicted molar refractivity (Wildman–Crippen MR) is 144 cm³/mol. The molecule has 6 heterocycles. The Bertz CT molecular complexity index is 1530. The lowest BCUT2D eigenvalue weighted by molar-refractivity contribution is -0.136. The Balaban J connectivity index is 1.01. The molecule has 13 heteroatoms. The molecule has 0 radical (unpaired) electrons. The fourth-order valence-electron chi connectivity index (χ4n) is 5.30. The third-order valence-electron chi connectivity index (χ3n) is 7.69. The summed E-state index contributed by atoms with van der Waals surface area (Å²) >= 11 is 0. The molecule has 216 valence electrons. The number of ether oxygens (including phenoxy) is 2. The van der Waals surface area contributed by atoms with Gasteiger partial charge in [-0.3, -0.25) is 9.59 Å². The number of furan rings is 2. The van der Waals surface area contributed by atoms with Crippen LogP contribution in [0.4, 0.5) is 0 Å². The summed E-state index contributed by atoms with van der Waals surface area (Å²) in [6, 6.07) is 6.62. The number of carbonyl (C=O) groups excluding carboxylic acids is 4. The number of likely N-dealkylation sites (tertiary alicyclic amines) is 1. The number of amides is 2. The topological polar surface area (TPSA) is 154 Å². The van der Waals surface area contributed by atoms with Crippen LogP contribution in [-0.2, 0) is 19.1 Å². The first-order valence-corrected chi connectivity index (χ1v) is 13.6. The summed E-state index contributed by atoms with van der Waals surface area (Å²) in [5.74, 6) is -1.11. The second-order valence-corrected chi connectivity index (χ2v) is 10.5. The number of hydrogen-bond donors (Lipinski definition) is 2. The number of aromatic amines is 2. The Morgan fingerprint density at radius 2 is 1.51 bits per heavy atom. The number of likely N-dealkylation sites (N-methyl/N-ethyl adjacent to an activating group) is 1. The van der Waals surface area contributed by atoms with Crippen LogP contribution >= 0.6 is 0 Å². The molecule has 2 N–H and O–H groups in total. The third kappa shape index (κ3) is 5.71. The summed E-state index contributed by atoms with van der Waals surface area (Å²) in [6.45, 7) is 3.11. The maximum absolute atomic E-state index is 12.8. The second-order valence-electron chi connectivity index (χ2n) is 10.5. The van der Waals surface area contributed by atoms with Gasteiger partial charge in [0.25, 0.3) is 11.8 Å². The van der Waals surface area contributed by atoms with E-state index < -0.39 is 11.9 Å². The molecule has 41 heavy (non-hydrogen) atoms. The van der Waals surface area contributed by atoms with Gasteiger partial charge in [-0.05, 0) is 19.9 Å². The van der Waals surface area contributed by atoms with Crippen LogP contribution in [0.25, 0.3) is 22.2 Å². The highest BCUT2D eigenvalue weighted by atomic mass is 16.5. The van der Waals surface area contributed by atoms with Crippen LogP contribution in [0.3, 0.4) is 0 Å². The SMILES string of the molecule is CN1CCN(C(=O)COC(=O)c2cc3oc(C4CCCN(C(=O)COC(=O)c5cc6occc6[nH]5)C4)cc3[nH]2)CC1. The van der Waals surface area contributed by atoms with E-state index in [2.05, 4.69) is 14.9 Å². The highest BCUT2D eigenvalue weighted by Gasteiger charge is 2.29. The number of H-pyrrole nitrogens is 2. The lowest BCUT2D eigenvalue weighted by atomic mass is 9.95. The normalized spacial score (nSPS) is 18.2. The van der Waals surface area contributed by atoms with E-state index in [4.69, 9.17) is 18.3 Å². The molecule has 2 aliphatic rings. The zero-order chi connectivity index (χ0) is 28.5. The van der Waals surface area contributed by atoms with E-state index in [1.54, 1.807) is 21.9 Å². The van der Waals surface area contributed by atoms with Gasteiger partial charge in [0.05, 0.1) is 17.3 Å². The zero-order valence-corrected chi connectivity index (χ0v) is 22.6. The van der Waals surface area contributed by atoms with Gasteiger partial charge in [-0.25, -0.2) is 9.59 Å². The van der Waals surface area contributed by atoms with Gasteiger partial charge < -0.3 is 43.0 Å². The van der Waals surface area contributed by atoms with Crippen molar-refractivity contribution >= 4 is 46.0 Å². The molecule has 2 amide bonds. The van der Waals surface area contributed by atoms with Crippen molar-refractivity contribution < 1.29 is 37.5 Å². The number of esters is 2. The van der Waals surface area contributed by atoms with Gasteiger partial charge >= 0.3 is 11.9 Å². The van der Waals surface area contributed by atoms with Crippen molar-refractivity contribution in [3.63, 3.8) is 0 Å². The quantitative estimate of drug-likeness (QED) is 0.321. The van der Waals surface area contributed by atoms with Crippen LogP contribution < -0.4 is 0 Å². The van der Waals surface area contributed by atoms with Crippen molar-refractivity contribution in [2.24, 2.45) is 0 Å². The standard InChI is InChI=1S/C28H31N5O8/c1-31-6-8-32(9-7-31)25(34)15-39-28(37)21-13-24-19(30-21)11-22(41-24)17-3-2-5-33(14-17)26(35)16-40-27(36)20-12-23-18(29-20)4-10-38-23/h4,10-13,17,29-30H,2-3,5-9,14-16H2,1H3. The van der Waals surface area contributed by atoms with Crippen LogP contribution in [0.5, 0.6) is 0 Å². The van der Waals surface area contributed by atoms with Gasteiger partial charge in [0.15, 0.2) is 24.4 Å². The molecule has 2 aliphatic heterocycles. The molecule has 2 saturated heterocycles. The number of piperazine rings is 1. The molecular weight excluding hydrogens is 534 g/mol. The summed E-state index contributed by atoms with van der Waals surface area (Å²) in [5.41, 5.74) is 2.76. The van der Waals surface area contributed by atoms with Crippen molar-refractivity contribution in [1.82, 2.24) is 24.7 Å². The number of piperidine rings is 1. The first kappa shape index (κ1) is 26.7. The van der Waals surface area contributed by atoms with E-state index in [0.29, 0.717) is 54.1 Å². The summed E-state index contributed by atoms with van der Waals surface area (Å²) in [7, 11) is 2.00. The summed E-state index contributed by atoms with van der Waals surface area (Å²) in [6.07, 6.45) is 3.11. The molecule has 1 atom stereocenters. The Kier molecular flexibility index (Phi) is 7.26. The number of nitrogens with one attached hydrogen (secondary N) is 2. The largest absolute Gasteiger partial charge is 0.463 e. The second kappa shape index (κ2) is 11.2. The van der Waals surface area contributed by atoms with E-state index in [0.717, 1.165) is 25.9 Å². The Hall–Kier alpha value is -4.52. The fourth-order valence-corrected chi connectivity index (χ4v) is 5.30. The van der Waals surface area contributed by atoms with Crippen LogP contribution in [0.2, 0.25) is 0 Å². The lowest BCUT2D eigenvalue weighted by Crippen LogP contribution is -2.48. The first-order chi connectivity index (χ1) is 19.8. The number of aromatic nitrogens is 2. The summed E-state index contributed by atoms with van der Waals surface area (Å²) < 4.78 is 21.7. The highest BCUT2D eigenvalue weighted by molar-refractivity contribution is 5.95. The number of fused-ring (bicyclic) bond motifs is 2. The van der Waals surface area contributed by atoms with E-state index in [-0.39, 0.29) is 42.3 Å². The maximum Gasteiger partial charge on any atom is 0.355 e. The van der Waals surface area contributed by atoms with E-state index in [1.165, 1.54) is 12.3 Å². The highest BCUT2D eigenvalue weighted by Crippen LogP contribution is 2.32. The molecular formula is C28H31N5O8. The maximum atomic E-state index is 12.8. The Morgan fingerprint density at radius 1 is 0.854 bits per heavy atom.